The Labute approximate surface area is 237 Å². The molecule has 1 unspecified atom stereocenters. The number of halogens is 1. The highest BCUT2D eigenvalue weighted by Crippen LogP contribution is 2.34. The molecular formula is C33H27FN4O3. The van der Waals surface area contributed by atoms with Gasteiger partial charge in [0.15, 0.2) is 0 Å². The van der Waals surface area contributed by atoms with Crippen molar-refractivity contribution in [3.8, 4) is 0 Å². The summed E-state index contributed by atoms with van der Waals surface area (Å²) in [6, 6.07) is 23.5. The van der Waals surface area contributed by atoms with Gasteiger partial charge in [0.25, 0.3) is 17.7 Å². The average molecular weight is 547 g/mol. The zero-order valence-corrected chi connectivity index (χ0v) is 22.8. The van der Waals surface area contributed by atoms with Crippen molar-refractivity contribution in [1.82, 2.24) is 9.88 Å². The predicted octanol–water partition coefficient (Wildman–Crippen LogP) is 5.52. The maximum absolute atomic E-state index is 15.2. The van der Waals surface area contributed by atoms with E-state index in [0.717, 1.165) is 10.5 Å². The molecule has 6 rings (SSSR count). The van der Waals surface area contributed by atoms with Crippen molar-refractivity contribution in [3.63, 3.8) is 0 Å². The molecule has 3 aromatic carbocycles. The zero-order valence-electron chi connectivity index (χ0n) is 22.8. The fourth-order valence-corrected chi connectivity index (χ4v) is 5.24. The molecule has 8 heteroatoms. The molecule has 7 nitrogen and oxygen atoms in total. The van der Waals surface area contributed by atoms with Crippen LogP contribution in [0, 0.1) is 5.82 Å². The molecule has 1 aromatic heterocycles. The monoisotopic (exact) mass is 546 g/mol. The summed E-state index contributed by atoms with van der Waals surface area (Å²) >= 11 is 0. The normalized spacial score (nSPS) is 16.8. The van der Waals surface area contributed by atoms with E-state index < -0.39 is 29.7 Å². The molecule has 3 amide bonds. The second-order valence-electron chi connectivity index (χ2n) is 11.1. The first-order chi connectivity index (χ1) is 19.6. The van der Waals surface area contributed by atoms with E-state index in [-0.39, 0.29) is 34.4 Å². The van der Waals surface area contributed by atoms with E-state index in [1.165, 1.54) is 11.0 Å². The number of benzene rings is 3. The van der Waals surface area contributed by atoms with Gasteiger partial charge in [-0.2, -0.15) is 0 Å². The Hall–Kier alpha value is -4.98. The number of pyridine rings is 1. The number of benzodiazepines with no additional fused rings is 1. The fraction of sp³-hybridized carbons (Fsp3) is 0.182. The first-order valence-electron chi connectivity index (χ1n) is 13.3. The van der Waals surface area contributed by atoms with Crippen molar-refractivity contribution in [3.05, 3.63) is 130 Å². The highest BCUT2D eigenvalue weighted by atomic mass is 19.1. The summed E-state index contributed by atoms with van der Waals surface area (Å²) in [5.41, 5.74) is 3.20. The molecule has 0 N–H and O–H groups in total. The summed E-state index contributed by atoms with van der Waals surface area (Å²) in [5, 5.41) is 0. The van der Waals surface area contributed by atoms with Gasteiger partial charge >= 0.3 is 0 Å². The van der Waals surface area contributed by atoms with Crippen LogP contribution in [-0.4, -0.2) is 39.5 Å². The number of para-hydroxylation sites is 1. The van der Waals surface area contributed by atoms with E-state index in [0.29, 0.717) is 16.9 Å². The molecule has 4 aromatic rings. The molecule has 0 spiro atoms. The Morgan fingerprint density at radius 1 is 0.780 bits per heavy atom. The lowest BCUT2D eigenvalue weighted by Crippen LogP contribution is -2.49. The molecular weight excluding hydrogens is 519 g/mol. The van der Waals surface area contributed by atoms with Crippen LogP contribution in [0.15, 0.2) is 96.1 Å². The van der Waals surface area contributed by atoms with Gasteiger partial charge in [-0.25, -0.2) is 14.3 Å². The van der Waals surface area contributed by atoms with Gasteiger partial charge in [-0.1, -0.05) is 63.2 Å². The van der Waals surface area contributed by atoms with Crippen LogP contribution in [0.1, 0.15) is 63.9 Å². The Kier molecular flexibility index (Phi) is 6.33. The first-order valence-corrected chi connectivity index (χ1v) is 13.3. The van der Waals surface area contributed by atoms with E-state index in [1.54, 1.807) is 72.9 Å². The van der Waals surface area contributed by atoms with Crippen LogP contribution >= 0.6 is 0 Å². The Bertz CT molecular complexity index is 1720. The Morgan fingerprint density at radius 3 is 2.00 bits per heavy atom. The topological polar surface area (TPSA) is 82.9 Å². The lowest BCUT2D eigenvalue weighted by Gasteiger charge is -2.28. The summed E-state index contributed by atoms with van der Waals surface area (Å²) in [6.07, 6.45) is 0.141. The first kappa shape index (κ1) is 26.3. The van der Waals surface area contributed by atoms with E-state index in [4.69, 9.17) is 4.99 Å². The molecule has 0 bridgehead atoms. The summed E-state index contributed by atoms with van der Waals surface area (Å²) < 4.78 is 15.2. The number of hydrogen-bond donors (Lipinski definition) is 0. The standard InChI is InChI=1S/C33H27FN4O3/c1-33(2,3)20-16-17-35-21(18-20)19-37-27-15-9-7-13-25(27)28(24-12-6-8-14-26(24)34)36-29(32(37)41)38-30(39)22-10-4-5-11-23(22)31(38)40/h4-18,29H,19H2,1-3H3. The molecule has 2 aliphatic rings. The number of amides is 3. The molecule has 0 saturated carbocycles. The summed E-state index contributed by atoms with van der Waals surface area (Å²) in [4.78, 5) is 53.1. The van der Waals surface area contributed by atoms with E-state index in [2.05, 4.69) is 25.8 Å². The zero-order chi connectivity index (χ0) is 28.9. The van der Waals surface area contributed by atoms with Crippen LogP contribution in [0.4, 0.5) is 10.1 Å². The minimum absolute atomic E-state index is 0.0551. The van der Waals surface area contributed by atoms with Crippen molar-refractivity contribution in [1.29, 1.82) is 0 Å². The van der Waals surface area contributed by atoms with Gasteiger partial charge < -0.3 is 4.90 Å². The van der Waals surface area contributed by atoms with E-state index in [1.807, 2.05) is 12.1 Å². The van der Waals surface area contributed by atoms with Crippen molar-refractivity contribution < 1.29 is 18.8 Å². The Balaban J connectivity index is 1.54. The third kappa shape index (κ3) is 4.51. The second kappa shape index (κ2) is 9.89. The van der Waals surface area contributed by atoms with Crippen molar-refractivity contribution in [2.24, 2.45) is 4.99 Å². The lowest BCUT2D eigenvalue weighted by molar-refractivity contribution is -0.122. The third-order valence-corrected chi connectivity index (χ3v) is 7.39. The molecule has 0 fully saturated rings. The maximum atomic E-state index is 15.2. The quantitative estimate of drug-likeness (QED) is 0.316. The number of anilines is 1. The number of hydrogen-bond acceptors (Lipinski definition) is 5. The summed E-state index contributed by atoms with van der Waals surface area (Å²) in [6.45, 7) is 6.32. The van der Waals surface area contributed by atoms with Crippen LogP contribution in [0.25, 0.3) is 0 Å². The molecule has 0 saturated heterocycles. The maximum Gasteiger partial charge on any atom is 0.273 e. The van der Waals surface area contributed by atoms with E-state index in [9.17, 15) is 14.4 Å². The van der Waals surface area contributed by atoms with Gasteiger partial charge in [0.05, 0.1) is 34.8 Å². The van der Waals surface area contributed by atoms with Gasteiger partial charge in [-0.3, -0.25) is 19.4 Å². The van der Waals surface area contributed by atoms with Crippen LogP contribution in [0.5, 0.6) is 0 Å². The fourth-order valence-electron chi connectivity index (χ4n) is 5.24. The molecule has 0 aliphatic carbocycles. The Morgan fingerprint density at radius 2 is 1.37 bits per heavy atom. The number of carbonyl (C=O) groups excluding carboxylic acids is 3. The van der Waals surface area contributed by atoms with Crippen molar-refractivity contribution >= 4 is 29.1 Å². The minimum atomic E-state index is -1.56. The summed E-state index contributed by atoms with van der Waals surface area (Å²) in [7, 11) is 0. The lowest BCUT2D eigenvalue weighted by atomic mass is 9.87. The molecule has 41 heavy (non-hydrogen) atoms. The number of imide groups is 1. The second-order valence-corrected chi connectivity index (χ2v) is 11.1. The third-order valence-electron chi connectivity index (χ3n) is 7.39. The SMILES string of the molecule is CC(C)(C)c1ccnc(CN2C(=O)C(N3C(=O)c4ccccc4C3=O)N=C(c3ccccc3F)c3ccccc32)c1. The van der Waals surface area contributed by atoms with Gasteiger partial charge in [-0.05, 0) is 53.4 Å². The largest absolute Gasteiger partial charge is 0.302 e. The van der Waals surface area contributed by atoms with Crippen LogP contribution in [-0.2, 0) is 16.8 Å². The predicted molar refractivity (Wildman–Crippen MR) is 153 cm³/mol. The van der Waals surface area contributed by atoms with Crippen molar-refractivity contribution in [2.75, 3.05) is 4.90 Å². The van der Waals surface area contributed by atoms with Gasteiger partial charge in [0.1, 0.15) is 5.82 Å². The number of carbonyl (C=O) groups is 3. The number of nitrogens with zero attached hydrogens (tertiary/aromatic N) is 4. The number of rotatable bonds is 4. The minimum Gasteiger partial charge on any atom is -0.302 e. The van der Waals surface area contributed by atoms with Crippen molar-refractivity contribution in [2.45, 2.75) is 38.9 Å². The van der Waals surface area contributed by atoms with Gasteiger partial charge in [0, 0.05) is 17.3 Å². The van der Waals surface area contributed by atoms with Crippen LogP contribution in [0.3, 0.4) is 0 Å². The van der Waals surface area contributed by atoms with Gasteiger partial charge in [0.2, 0.25) is 6.17 Å². The number of aliphatic imine (C=N–C) groups is 1. The average Bonchev–Trinajstić information content (AvgIpc) is 3.15. The molecule has 204 valence electrons. The summed E-state index contributed by atoms with van der Waals surface area (Å²) in [5.74, 6) is -2.39. The molecule has 3 heterocycles. The van der Waals surface area contributed by atoms with Gasteiger partial charge in [-0.15, -0.1) is 0 Å². The highest BCUT2D eigenvalue weighted by Gasteiger charge is 2.46. The molecule has 0 radical (unpaired) electrons. The smallest absolute Gasteiger partial charge is 0.273 e. The van der Waals surface area contributed by atoms with Crippen LogP contribution < -0.4 is 4.90 Å². The number of fused-ring (bicyclic) bond motifs is 2. The van der Waals surface area contributed by atoms with Crippen LogP contribution in [0.2, 0.25) is 0 Å². The molecule has 2 aliphatic heterocycles. The number of aromatic nitrogens is 1. The molecule has 1 atom stereocenters. The highest BCUT2D eigenvalue weighted by molar-refractivity contribution is 6.25. The van der Waals surface area contributed by atoms with E-state index >= 15 is 4.39 Å².